The highest BCUT2D eigenvalue weighted by Crippen LogP contribution is 2.30. The molecule has 5 nitrogen and oxygen atoms in total. The molecule has 0 spiro atoms. The minimum absolute atomic E-state index is 0.202. The van der Waals surface area contributed by atoms with Gasteiger partial charge in [0.25, 0.3) is 0 Å². The third-order valence-corrected chi connectivity index (χ3v) is 3.44. The summed E-state index contributed by atoms with van der Waals surface area (Å²) in [6.07, 6.45) is 0. The van der Waals surface area contributed by atoms with Crippen LogP contribution >= 0.6 is 11.6 Å². The summed E-state index contributed by atoms with van der Waals surface area (Å²) in [4.78, 5) is 8.83. The fourth-order valence-corrected chi connectivity index (χ4v) is 2.00. The SMILES string of the molecule is COc1cc(Nc2nc(C(C)C)nc(N)c2C)ccc1Cl. The number of methoxy groups -OCH3 is 1. The highest BCUT2D eigenvalue weighted by atomic mass is 35.5. The van der Waals surface area contributed by atoms with Gasteiger partial charge >= 0.3 is 0 Å². The quantitative estimate of drug-likeness (QED) is 0.896. The zero-order valence-corrected chi connectivity index (χ0v) is 13.3. The molecule has 1 aromatic carbocycles. The largest absolute Gasteiger partial charge is 0.495 e. The monoisotopic (exact) mass is 306 g/mol. The molecule has 0 unspecified atom stereocenters. The Morgan fingerprint density at radius 3 is 2.62 bits per heavy atom. The van der Waals surface area contributed by atoms with Gasteiger partial charge in [0.15, 0.2) is 0 Å². The standard InChI is InChI=1S/C15H19ClN4O/c1-8(2)14-19-13(17)9(3)15(20-14)18-10-5-6-11(16)12(7-10)21-4/h5-8H,1-4H3,(H3,17,18,19,20). The number of nitrogen functional groups attached to an aromatic ring is 1. The first-order chi connectivity index (χ1) is 9.92. The van der Waals surface area contributed by atoms with E-state index < -0.39 is 0 Å². The second kappa shape index (κ2) is 6.18. The molecular weight excluding hydrogens is 288 g/mol. The summed E-state index contributed by atoms with van der Waals surface area (Å²) in [7, 11) is 1.58. The van der Waals surface area contributed by atoms with Crippen molar-refractivity contribution in [3.05, 3.63) is 34.6 Å². The number of halogens is 1. The van der Waals surface area contributed by atoms with Gasteiger partial charge in [-0.25, -0.2) is 9.97 Å². The molecule has 0 aliphatic rings. The topological polar surface area (TPSA) is 73.1 Å². The maximum atomic E-state index is 6.02. The number of hydrogen-bond donors (Lipinski definition) is 2. The van der Waals surface area contributed by atoms with Crippen LogP contribution in [0.1, 0.15) is 31.2 Å². The maximum absolute atomic E-state index is 6.02. The second-order valence-electron chi connectivity index (χ2n) is 5.07. The lowest BCUT2D eigenvalue weighted by atomic mass is 10.2. The Hall–Kier alpha value is -2.01. The molecule has 2 rings (SSSR count). The molecule has 1 heterocycles. The Kier molecular flexibility index (Phi) is 4.53. The van der Waals surface area contributed by atoms with Crippen molar-refractivity contribution < 1.29 is 4.74 Å². The molecule has 0 radical (unpaired) electrons. The third-order valence-electron chi connectivity index (χ3n) is 3.13. The van der Waals surface area contributed by atoms with E-state index in [4.69, 9.17) is 22.1 Å². The van der Waals surface area contributed by atoms with Gasteiger partial charge in [-0.1, -0.05) is 25.4 Å². The zero-order chi connectivity index (χ0) is 15.6. The van der Waals surface area contributed by atoms with Crippen LogP contribution in [0, 0.1) is 6.92 Å². The first kappa shape index (κ1) is 15.4. The molecule has 3 N–H and O–H groups in total. The smallest absolute Gasteiger partial charge is 0.139 e. The molecular formula is C15H19ClN4O. The number of nitrogens with zero attached hydrogens (tertiary/aromatic N) is 2. The summed E-state index contributed by atoms with van der Waals surface area (Å²) in [6.45, 7) is 5.94. The molecule has 112 valence electrons. The Labute approximate surface area is 129 Å². The lowest BCUT2D eigenvalue weighted by molar-refractivity contribution is 0.415. The van der Waals surface area contributed by atoms with E-state index in [-0.39, 0.29) is 5.92 Å². The Morgan fingerprint density at radius 1 is 1.29 bits per heavy atom. The van der Waals surface area contributed by atoms with Gasteiger partial charge in [0, 0.05) is 23.2 Å². The van der Waals surface area contributed by atoms with Crippen LogP contribution in [0.2, 0.25) is 5.02 Å². The predicted molar refractivity (Wildman–Crippen MR) is 86.6 cm³/mol. The molecule has 0 aliphatic carbocycles. The average molecular weight is 307 g/mol. The number of rotatable bonds is 4. The van der Waals surface area contributed by atoms with Crippen molar-refractivity contribution in [1.29, 1.82) is 0 Å². The molecule has 0 amide bonds. The van der Waals surface area contributed by atoms with Crippen molar-refractivity contribution in [2.24, 2.45) is 0 Å². The number of ether oxygens (including phenoxy) is 1. The summed E-state index contributed by atoms with van der Waals surface area (Å²) >= 11 is 6.02. The summed E-state index contributed by atoms with van der Waals surface area (Å²) < 4.78 is 5.21. The lowest BCUT2D eigenvalue weighted by Crippen LogP contribution is -2.08. The minimum Gasteiger partial charge on any atom is -0.495 e. The van der Waals surface area contributed by atoms with Crippen molar-refractivity contribution in [2.75, 3.05) is 18.2 Å². The zero-order valence-electron chi connectivity index (χ0n) is 12.6. The van der Waals surface area contributed by atoms with E-state index in [1.54, 1.807) is 13.2 Å². The molecule has 21 heavy (non-hydrogen) atoms. The fraction of sp³-hybridized carbons (Fsp3) is 0.333. The predicted octanol–water partition coefficient (Wildman–Crippen LogP) is 3.90. The van der Waals surface area contributed by atoms with Gasteiger partial charge < -0.3 is 15.8 Å². The molecule has 0 aliphatic heterocycles. The van der Waals surface area contributed by atoms with Crippen LogP contribution in [-0.4, -0.2) is 17.1 Å². The number of nitrogens with one attached hydrogen (secondary N) is 1. The molecule has 0 fully saturated rings. The number of nitrogens with two attached hydrogens (primary N) is 1. The first-order valence-corrected chi connectivity index (χ1v) is 7.04. The van der Waals surface area contributed by atoms with Gasteiger partial charge in [-0.3, -0.25) is 0 Å². The van der Waals surface area contributed by atoms with E-state index in [2.05, 4.69) is 15.3 Å². The average Bonchev–Trinajstić information content (AvgIpc) is 2.45. The number of hydrogen-bond acceptors (Lipinski definition) is 5. The Balaban J connectivity index is 2.39. The second-order valence-corrected chi connectivity index (χ2v) is 5.48. The molecule has 0 saturated heterocycles. The van der Waals surface area contributed by atoms with Crippen LogP contribution in [0.25, 0.3) is 0 Å². The van der Waals surface area contributed by atoms with Crippen LogP contribution in [-0.2, 0) is 0 Å². The molecule has 0 saturated carbocycles. The van der Waals surface area contributed by atoms with Crippen LogP contribution in [0.4, 0.5) is 17.3 Å². The van der Waals surface area contributed by atoms with E-state index in [9.17, 15) is 0 Å². The minimum atomic E-state index is 0.202. The van der Waals surface area contributed by atoms with Gasteiger partial charge in [-0.15, -0.1) is 0 Å². The molecule has 1 aromatic heterocycles. The molecule has 0 atom stereocenters. The number of aromatic nitrogens is 2. The van der Waals surface area contributed by atoms with Gasteiger partial charge in [0.05, 0.1) is 12.1 Å². The summed E-state index contributed by atoms with van der Waals surface area (Å²) in [5, 5.41) is 3.80. The van der Waals surface area contributed by atoms with E-state index in [1.165, 1.54) is 0 Å². The van der Waals surface area contributed by atoms with Gasteiger partial charge in [-0.2, -0.15) is 0 Å². The summed E-state index contributed by atoms with van der Waals surface area (Å²) in [5.41, 5.74) is 7.60. The number of benzene rings is 1. The number of anilines is 3. The van der Waals surface area contributed by atoms with Gasteiger partial charge in [0.1, 0.15) is 23.2 Å². The van der Waals surface area contributed by atoms with Crippen molar-refractivity contribution in [2.45, 2.75) is 26.7 Å². The van der Waals surface area contributed by atoms with Crippen LogP contribution in [0.3, 0.4) is 0 Å². The highest BCUT2D eigenvalue weighted by molar-refractivity contribution is 6.32. The van der Waals surface area contributed by atoms with Crippen molar-refractivity contribution in [3.8, 4) is 5.75 Å². The van der Waals surface area contributed by atoms with E-state index in [0.29, 0.717) is 28.2 Å². The molecule has 0 bridgehead atoms. The van der Waals surface area contributed by atoms with Crippen molar-refractivity contribution in [3.63, 3.8) is 0 Å². The normalized spacial score (nSPS) is 10.8. The van der Waals surface area contributed by atoms with Gasteiger partial charge in [-0.05, 0) is 19.1 Å². The van der Waals surface area contributed by atoms with Crippen LogP contribution in [0.5, 0.6) is 5.75 Å². The lowest BCUT2D eigenvalue weighted by Gasteiger charge is -2.14. The molecule has 2 aromatic rings. The third kappa shape index (κ3) is 3.36. The van der Waals surface area contributed by atoms with Crippen molar-refractivity contribution >= 4 is 28.9 Å². The molecule has 6 heteroatoms. The van der Waals surface area contributed by atoms with Crippen LogP contribution < -0.4 is 15.8 Å². The first-order valence-electron chi connectivity index (χ1n) is 6.67. The van der Waals surface area contributed by atoms with Crippen molar-refractivity contribution in [1.82, 2.24) is 9.97 Å². The van der Waals surface area contributed by atoms with Crippen LogP contribution in [0.15, 0.2) is 18.2 Å². The Morgan fingerprint density at radius 2 is 2.00 bits per heavy atom. The fourth-order valence-electron chi connectivity index (χ4n) is 1.81. The summed E-state index contributed by atoms with van der Waals surface area (Å²) in [6, 6.07) is 5.44. The Bertz CT molecular complexity index is 658. The highest BCUT2D eigenvalue weighted by Gasteiger charge is 2.12. The van der Waals surface area contributed by atoms with E-state index in [1.807, 2.05) is 32.9 Å². The van der Waals surface area contributed by atoms with E-state index >= 15 is 0 Å². The summed E-state index contributed by atoms with van der Waals surface area (Å²) in [5.74, 6) is 2.69. The maximum Gasteiger partial charge on any atom is 0.139 e. The van der Waals surface area contributed by atoms with E-state index in [0.717, 1.165) is 11.3 Å². The van der Waals surface area contributed by atoms with Gasteiger partial charge in [0.2, 0.25) is 0 Å².